The maximum absolute atomic E-state index is 12.1. The van der Waals surface area contributed by atoms with Crippen molar-refractivity contribution in [3.63, 3.8) is 0 Å². The van der Waals surface area contributed by atoms with E-state index in [0.29, 0.717) is 11.0 Å². The molecule has 1 aromatic carbocycles. The zero-order chi connectivity index (χ0) is 14.7. The van der Waals surface area contributed by atoms with Crippen LogP contribution in [0, 0.1) is 10.1 Å². The van der Waals surface area contributed by atoms with Crippen molar-refractivity contribution in [2.24, 2.45) is 0 Å². The Balaban J connectivity index is 2.15. The van der Waals surface area contributed by atoms with Gasteiger partial charge in [0, 0.05) is 26.0 Å². The van der Waals surface area contributed by atoms with Gasteiger partial charge in [-0.05, 0) is 49.4 Å². The number of nitrogens with zero attached hydrogens (tertiary/aromatic N) is 1. The Hall–Kier alpha value is -1.25. The number of carbonyl (C=O) groups is 1. The smallest absolute Gasteiger partial charge is 0.270 e. The maximum Gasteiger partial charge on any atom is 0.270 e. The van der Waals surface area contributed by atoms with Gasteiger partial charge in [0.15, 0.2) is 0 Å². The molecule has 2 rings (SSSR count). The zero-order valence-electron chi connectivity index (χ0n) is 9.93. The third-order valence-corrected chi connectivity index (χ3v) is 5.12. The molecule has 0 spiro atoms. The summed E-state index contributed by atoms with van der Waals surface area (Å²) in [4.78, 5) is 23.3. The van der Waals surface area contributed by atoms with E-state index in [1.807, 2.05) is 11.4 Å². The quantitative estimate of drug-likeness (QED) is 0.598. The number of carbonyl (C=O) groups excluding carboxylic acids is 1. The molecule has 1 N–H and O–H groups in total. The number of amides is 1. The van der Waals surface area contributed by atoms with Gasteiger partial charge in [-0.15, -0.1) is 11.3 Å². The number of hydrogen-bond acceptors (Lipinski definition) is 4. The monoisotopic (exact) mass is 418 g/mol. The Labute approximate surface area is 135 Å². The highest BCUT2D eigenvalue weighted by atomic mass is 79.9. The molecule has 1 aromatic heterocycles. The van der Waals surface area contributed by atoms with E-state index in [1.165, 1.54) is 29.5 Å². The lowest BCUT2D eigenvalue weighted by Gasteiger charge is -2.06. The summed E-state index contributed by atoms with van der Waals surface area (Å²) < 4.78 is 1.45. The van der Waals surface area contributed by atoms with Crippen molar-refractivity contribution in [2.45, 2.75) is 6.54 Å². The molecule has 5 nitrogen and oxygen atoms in total. The molecule has 0 radical (unpaired) electrons. The van der Waals surface area contributed by atoms with Crippen LogP contribution < -0.4 is 5.32 Å². The fourth-order valence-electron chi connectivity index (χ4n) is 1.51. The molecular weight excluding hydrogens is 412 g/mol. The first kappa shape index (κ1) is 15.1. The summed E-state index contributed by atoms with van der Waals surface area (Å²) in [6.07, 6.45) is 0. The van der Waals surface area contributed by atoms with E-state index in [4.69, 9.17) is 0 Å². The number of rotatable bonds is 4. The number of hydrogen-bond donors (Lipinski definition) is 1. The molecule has 1 heterocycles. The fourth-order valence-corrected chi connectivity index (χ4v) is 3.37. The van der Waals surface area contributed by atoms with Crippen molar-refractivity contribution >= 4 is 54.8 Å². The second-order valence-electron chi connectivity index (χ2n) is 3.80. The third kappa shape index (κ3) is 3.44. The topological polar surface area (TPSA) is 72.2 Å². The molecule has 0 saturated carbocycles. The number of nitrogens with one attached hydrogen (secondary N) is 1. The first-order chi connectivity index (χ1) is 9.49. The predicted octanol–water partition coefficient (Wildman–Crippen LogP) is 4.11. The first-order valence-electron chi connectivity index (χ1n) is 5.43. The number of thiophene rings is 1. The van der Waals surface area contributed by atoms with E-state index < -0.39 is 4.92 Å². The fraction of sp³-hybridized carbons (Fsp3) is 0.0833. The normalized spacial score (nSPS) is 10.3. The van der Waals surface area contributed by atoms with Crippen molar-refractivity contribution in [1.82, 2.24) is 5.32 Å². The van der Waals surface area contributed by atoms with Crippen LogP contribution in [-0.2, 0) is 6.54 Å². The van der Waals surface area contributed by atoms with E-state index in [0.717, 1.165) is 9.35 Å². The third-order valence-electron chi connectivity index (χ3n) is 2.51. The van der Waals surface area contributed by atoms with Crippen LogP contribution in [0.3, 0.4) is 0 Å². The van der Waals surface area contributed by atoms with Gasteiger partial charge in [-0.1, -0.05) is 0 Å². The molecule has 20 heavy (non-hydrogen) atoms. The number of nitro groups is 1. The van der Waals surface area contributed by atoms with Gasteiger partial charge in [-0.3, -0.25) is 14.9 Å². The molecule has 0 aliphatic rings. The molecule has 0 aliphatic heterocycles. The van der Waals surface area contributed by atoms with Crippen molar-refractivity contribution in [3.05, 3.63) is 59.1 Å². The summed E-state index contributed by atoms with van der Waals surface area (Å²) in [6.45, 7) is 0.367. The molecule has 0 unspecified atom stereocenters. The zero-order valence-corrected chi connectivity index (χ0v) is 13.9. The van der Waals surface area contributed by atoms with Crippen LogP contribution in [0.15, 0.2) is 38.6 Å². The average Bonchev–Trinajstić information content (AvgIpc) is 2.81. The van der Waals surface area contributed by atoms with E-state index in [-0.39, 0.29) is 17.2 Å². The largest absolute Gasteiger partial charge is 0.347 e. The summed E-state index contributed by atoms with van der Waals surface area (Å²) in [5.74, 6) is -0.360. The highest BCUT2D eigenvalue weighted by molar-refractivity contribution is 9.10. The predicted molar refractivity (Wildman–Crippen MR) is 84.0 cm³/mol. The highest BCUT2D eigenvalue weighted by Crippen LogP contribution is 2.24. The Morgan fingerprint density at radius 2 is 2.05 bits per heavy atom. The highest BCUT2D eigenvalue weighted by Gasteiger charge is 2.15. The van der Waals surface area contributed by atoms with Crippen LogP contribution in [0.5, 0.6) is 0 Å². The summed E-state index contributed by atoms with van der Waals surface area (Å²) in [7, 11) is 0. The summed E-state index contributed by atoms with van der Waals surface area (Å²) in [5.41, 5.74) is 0.127. The SMILES string of the molecule is O=C(NCc1sccc1Br)c1cc([N+](=O)[O-])ccc1Br. The Kier molecular flexibility index (Phi) is 4.90. The molecule has 1 amide bonds. The van der Waals surface area contributed by atoms with Gasteiger partial charge < -0.3 is 5.32 Å². The van der Waals surface area contributed by atoms with Crippen molar-refractivity contribution in [1.29, 1.82) is 0 Å². The summed E-state index contributed by atoms with van der Waals surface area (Å²) in [6, 6.07) is 5.99. The minimum atomic E-state index is -0.529. The van der Waals surface area contributed by atoms with Crippen LogP contribution in [0.1, 0.15) is 15.2 Å². The van der Waals surface area contributed by atoms with E-state index in [9.17, 15) is 14.9 Å². The first-order valence-corrected chi connectivity index (χ1v) is 7.89. The minimum absolute atomic E-state index is 0.115. The number of halogens is 2. The Bertz CT molecular complexity index is 672. The van der Waals surface area contributed by atoms with Gasteiger partial charge in [-0.2, -0.15) is 0 Å². The van der Waals surface area contributed by atoms with E-state index in [2.05, 4.69) is 37.2 Å². The lowest BCUT2D eigenvalue weighted by Crippen LogP contribution is -2.23. The molecule has 2 aromatic rings. The Morgan fingerprint density at radius 3 is 2.65 bits per heavy atom. The van der Waals surface area contributed by atoms with Gasteiger partial charge in [-0.25, -0.2) is 0 Å². The van der Waals surface area contributed by atoms with Crippen molar-refractivity contribution in [2.75, 3.05) is 0 Å². The second kappa shape index (κ2) is 6.47. The molecular formula is C12H8Br2N2O3S. The van der Waals surface area contributed by atoms with Crippen LogP contribution in [0.25, 0.3) is 0 Å². The van der Waals surface area contributed by atoms with E-state index >= 15 is 0 Å². The van der Waals surface area contributed by atoms with Crippen LogP contribution in [0.2, 0.25) is 0 Å². The van der Waals surface area contributed by atoms with Gasteiger partial charge in [0.2, 0.25) is 0 Å². The van der Waals surface area contributed by atoms with Gasteiger partial charge in [0.05, 0.1) is 17.0 Å². The maximum atomic E-state index is 12.1. The lowest BCUT2D eigenvalue weighted by molar-refractivity contribution is -0.384. The van der Waals surface area contributed by atoms with Crippen molar-refractivity contribution < 1.29 is 9.72 Å². The van der Waals surface area contributed by atoms with E-state index in [1.54, 1.807) is 0 Å². The number of benzene rings is 1. The van der Waals surface area contributed by atoms with Gasteiger partial charge in [0.1, 0.15) is 0 Å². The summed E-state index contributed by atoms with van der Waals surface area (Å²) >= 11 is 8.12. The van der Waals surface area contributed by atoms with Crippen LogP contribution >= 0.6 is 43.2 Å². The van der Waals surface area contributed by atoms with Crippen LogP contribution in [-0.4, -0.2) is 10.8 Å². The van der Waals surface area contributed by atoms with Gasteiger partial charge in [0.25, 0.3) is 11.6 Å². The number of non-ortho nitro benzene ring substituents is 1. The molecule has 8 heteroatoms. The lowest BCUT2D eigenvalue weighted by atomic mass is 10.2. The van der Waals surface area contributed by atoms with Crippen molar-refractivity contribution in [3.8, 4) is 0 Å². The standard InChI is InChI=1S/C12H8Br2N2O3S/c13-9-2-1-7(16(18)19)5-8(9)12(17)15-6-11-10(14)3-4-20-11/h1-5H,6H2,(H,15,17). The average molecular weight is 420 g/mol. The molecule has 0 fully saturated rings. The van der Waals surface area contributed by atoms with Crippen LogP contribution in [0.4, 0.5) is 5.69 Å². The molecule has 0 atom stereocenters. The Morgan fingerprint density at radius 1 is 1.30 bits per heavy atom. The second-order valence-corrected chi connectivity index (χ2v) is 6.50. The molecule has 0 bridgehead atoms. The number of nitro benzene ring substituents is 1. The van der Waals surface area contributed by atoms with Gasteiger partial charge >= 0.3 is 0 Å². The minimum Gasteiger partial charge on any atom is -0.347 e. The molecule has 0 saturated heterocycles. The molecule has 104 valence electrons. The summed E-state index contributed by atoms with van der Waals surface area (Å²) in [5, 5.41) is 15.4. The molecule has 0 aliphatic carbocycles.